The van der Waals surface area contributed by atoms with Gasteiger partial charge in [-0.1, -0.05) is 6.42 Å². The maximum Gasteiger partial charge on any atom is 0.513 e. The number of esters is 1. The Morgan fingerprint density at radius 3 is 2.27 bits per heavy atom. The maximum atomic E-state index is 10.8. The predicted octanol–water partition coefficient (Wildman–Crippen LogP) is 0.180. The molecule has 15 heavy (non-hydrogen) atoms. The van der Waals surface area contributed by atoms with Gasteiger partial charge in [0, 0.05) is 6.42 Å². The first-order valence-corrected chi connectivity index (χ1v) is 4.35. The molecule has 0 heterocycles. The van der Waals surface area contributed by atoms with E-state index >= 15 is 0 Å². The molecule has 0 saturated heterocycles. The van der Waals surface area contributed by atoms with Crippen LogP contribution < -0.4 is 5.73 Å². The van der Waals surface area contributed by atoms with E-state index in [2.05, 4.69) is 4.74 Å². The molecule has 4 N–H and O–H groups in total. The van der Waals surface area contributed by atoms with E-state index in [1.54, 1.807) is 0 Å². The summed E-state index contributed by atoms with van der Waals surface area (Å²) in [5.41, 5.74) is 5.30. The van der Waals surface area contributed by atoms with Crippen molar-refractivity contribution in [3.05, 3.63) is 0 Å². The fourth-order valence-corrected chi connectivity index (χ4v) is 0.920. The number of aliphatic carboxylic acids is 1. The Labute approximate surface area is 85.8 Å². The summed E-state index contributed by atoms with van der Waals surface area (Å²) in [5.74, 6) is -1.94. The summed E-state index contributed by atoms with van der Waals surface area (Å²) in [7, 11) is 0. The zero-order valence-corrected chi connectivity index (χ0v) is 8.01. The first-order chi connectivity index (χ1) is 6.93. The largest absolute Gasteiger partial charge is 0.513 e. The third kappa shape index (κ3) is 7.44. The van der Waals surface area contributed by atoms with Crippen molar-refractivity contribution in [3.63, 3.8) is 0 Å². The molecule has 0 rings (SSSR count). The van der Waals surface area contributed by atoms with Gasteiger partial charge in [0.15, 0.2) is 0 Å². The normalized spacial score (nSPS) is 11.8. The lowest BCUT2D eigenvalue weighted by molar-refractivity contribution is -0.140. The Kier molecular flexibility index (Phi) is 6.03. The summed E-state index contributed by atoms with van der Waals surface area (Å²) in [6.07, 6.45) is -0.660. The van der Waals surface area contributed by atoms with E-state index in [0.29, 0.717) is 12.8 Å². The van der Waals surface area contributed by atoms with E-state index in [1.165, 1.54) is 0 Å². The molecular formula is C8H13NO6. The van der Waals surface area contributed by atoms with Gasteiger partial charge in [0.1, 0.15) is 6.04 Å². The van der Waals surface area contributed by atoms with E-state index < -0.39 is 24.1 Å². The summed E-state index contributed by atoms with van der Waals surface area (Å²) in [5, 5.41) is 16.4. The zero-order chi connectivity index (χ0) is 11.8. The van der Waals surface area contributed by atoms with Crippen LogP contribution in [0.3, 0.4) is 0 Å². The number of ether oxygens (including phenoxy) is 1. The second-order valence-electron chi connectivity index (χ2n) is 2.93. The smallest absolute Gasteiger partial charge is 0.481 e. The third-order valence-electron chi connectivity index (χ3n) is 1.65. The lowest BCUT2D eigenvalue weighted by Gasteiger charge is -2.07. The average molecular weight is 219 g/mol. The highest BCUT2D eigenvalue weighted by Gasteiger charge is 2.17. The summed E-state index contributed by atoms with van der Waals surface area (Å²) in [6, 6.07) is -1.02. The molecule has 0 amide bonds. The van der Waals surface area contributed by atoms with Gasteiger partial charge in [0.2, 0.25) is 0 Å². The van der Waals surface area contributed by atoms with Crippen LogP contribution in [0.2, 0.25) is 0 Å². The van der Waals surface area contributed by atoms with Gasteiger partial charge in [0.05, 0.1) is 0 Å². The van der Waals surface area contributed by atoms with Crippen LogP contribution in [0.15, 0.2) is 0 Å². The van der Waals surface area contributed by atoms with Gasteiger partial charge in [-0.15, -0.1) is 0 Å². The Hall–Kier alpha value is -1.63. The van der Waals surface area contributed by atoms with Crippen molar-refractivity contribution < 1.29 is 29.3 Å². The monoisotopic (exact) mass is 219 g/mol. The second-order valence-corrected chi connectivity index (χ2v) is 2.93. The molecule has 0 aliphatic heterocycles. The SMILES string of the molecule is NC(CCCCC(=O)O)C(=O)OC(=O)O. The van der Waals surface area contributed by atoms with Gasteiger partial charge < -0.3 is 20.7 Å². The molecule has 0 aromatic carbocycles. The van der Waals surface area contributed by atoms with E-state index in [4.69, 9.17) is 15.9 Å². The number of unbranched alkanes of at least 4 members (excludes halogenated alkanes) is 1. The fourth-order valence-electron chi connectivity index (χ4n) is 0.920. The molecule has 1 unspecified atom stereocenters. The first-order valence-electron chi connectivity index (χ1n) is 4.35. The molecule has 0 saturated carbocycles. The minimum atomic E-state index is -1.69. The molecule has 0 bridgehead atoms. The van der Waals surface area contributed by atoms with Crippen molar-refractivity contribution in [3.8, 4) is 0 Å². The lowest BCUT2D eigenvalue weighted by atomic mass is 10.1. The van der Waals surface area contributed by atoms with Gasteiger partial charge in [-0.05, 0) is 12.8 Å². The van der Waals surface area contributed by atoms with Crippen LogP contribution in [0.4, 0.5) is 4.79 Å². The van der Waals surface area contributed by atoms with Crippen LogP contribution in [-0.4, -0.2) is 34.3 Å². The van der Waals surface area contributed by atoms with Crippen molar-refractivity contribution in [1.29, 1.82) is 0 Å². The summed E-state index contributed by atoms with van der Waals surface area (Å²) in [4.78, 5) is 30.9. The van der Waals surface area contributed by atoms with Crippen molar-refractivity contribution >= 4 is 18.1 Å². The molecule has 0 aliphatic rings. The minimum absolute atomic E-state index is 0.000693. The lowest BCUT2D eigenvalue weighted by Crippen LogP contribution is -2.33. The molecule has 7 heteroatoms. The summed E-state index contributed by atoms with van der Waals surface area (Å²) >= 11 is 0. The molecule has 7 nitrogen and oxygen atoms in total. The van der Waals surface area contributed by atoms with Crippen LogP contribution in [0.5, 0.6) is 0 Å². The molecular weight excluding hydrogens is 206 g/mol. The second kappa shape index (κ2) is 6.77. The number of rotatable bonds is 6. The zero-order valence-electron chi connectivity index (χ0n) is 8.01. The van der Waals surface area contributed by atoms with Crippen molar-refractivity contribution in [2.45, 2.75) is 31.7 Å². The summed E-state index contributed by atoms with van der Waals surface area (Å²) in [6.45, 7) is 0. The Balaban J connectivity index is 3.64. The maximum absolute atomic E-state index is 10.8. The number of hydrogen-bond acceptors (Lipinski definition) is 5. The van der Waals surface area contributed by atoms with Gasteiger partial charge in [-0.25, -0.2) is 9.59 Å². The topological polar surface area (TPSA) is 127 Å². The van der Waals surface area contributed by atoms with Crippen LogP contribution in [0.1, 0.15) is 25.7 Å². The van der Waals surface area contributed by atoms with Gasteiger partial charge >= 0.3 is 18.1 Å². The van der Waals surface area contributed by atoms with Crippen molar-refractivity contribution in [2.75, 3.05) is 0 Å². The number of carboxylic acid groups (broad SMARTS) is 2. The quantitative estimate of drug-likeness (QED) is 0.330. The number of carbonyl (C=O) groups is 3. The van der Waals surface area contributed by atoms with Gasteiger partial charge in [-0.2, -0.15) is 0 Å². The van der Waals surface area contributed by atoms with E-state index in [-0.39, 0.29) is 12.8 Å². The number of carboxylic acids is 1. The fraction of sp³-hybridized carbons (Fsp3) is 0.625. The molecule has 1 atom stereocenters. The van der Waals surface area contributed by atoms with Crippen molar-refractivity contribution in [2.24, 2.45) is 5.73 Å². The molecule has 0 aromatic heterocycles. The highest BCUT2D eigenvalue weighted by atomic mass is 16.7. The standard InChI is InChI=1S/C8H13NO6/c9-5(7(12)15-8(13)14)3-1-2-4-6(10)11/h5H,1-4,9H2,(H,10,11)(H,13,14). The molecule has 0 radical (unpaired) electrons. The Morgan fingerprint density at radius 1 is 1.20 bits per heavy atom. The van der Waals surface area contributed by atoms with Crippen LogP contribution >= 0.6 is 0 Å². The highest BCUT2D eigenvalue weighted by Crippen LogP contribution is 2.03. The minimum Gasteiger partial charge on any atom is -0.481 e. The average Bonchev–Trinajstić information content (AvgIpc) is 2.10. The van der Waals surface area contributed by atoms with Crippen molar-refractivity contribution in [1.82, 2.24) is 0 Å². The molecule has 0 aliphatic carbocycles. The molecule has 86 valence electrons. The van der Waals surface area contributed by atoms with Crippen LogP contribution in [0, 0.1) is 0 Å². The molecule has 0 spiro atoms. The van der Waals surface area contributed by atoms with E-state index in [1.807, 2.05) is 0 Å². The van der Waals surface area contributed by atoms with Crippen LogP contribution in [-0.2, 0) is 14.3 Å². The third-order valence-corrected chi connectivity index (χ3v) is 1.65. The molecule has 0 fully saturated rings. The Bertz CT molecular complexity index is 252. The number of hydrogen-bond donors (Lipinski definition) is 3. The predicted molar refractivity (Wildman–Crippen MR) is 48.2 cm³/mol. The number of carbonyl (C=O) groups excluding carboxylic acids is 1. The van der Waals surface area contributed by atoms with Gasteiger partial charge in [-0.3, -0.25) is 4.79 Å². The van der Waals surface area contributed by atoms with Crippen LogP contribution in [0.25, 0.3) is 0 Å². The van der Waals surface area contributed by atoms with Gasteiger partial charge in [0.25, 0.3) is 0 Å². The highest BCUT2D eigenvalue weighted by molar-refractivity contribution is 5.84. The Morgan fingerprint density at radius 2 is 1.80 bits per heavy atom. The molecule has 0 aromatic rings. The summed E-state index contributed by atoms with van der Waals surface area (Å²) < 4.78 is 3.83. The van der Waals surface area contributed by atoms with E-state index in [0.717, 1.165) is 0 Å². The number of nitrogens with two attached hydrogens (primary N) is 1. The first kappa shape index (κ1) is 13.4. The van der Waals surface area contributed by atoms with E-state index in [9.17, 15) is 14.4 Å².